The van der Waals surface area contributed by atoms with Gasteiger partial charge in [0.1, 0.15) is 11.6 Å². The molecular weight excluding hydrogens is 236 g/mol. The first-order valence-electron chi connectivity index (χ1n) is 5.85. The monoisotopic (exact) mass is 251 g/mol. The van der Waals surface area contributed by atoms with Crippen molar-refractivity contribution in [1.29, 1.82) is 0 Å². The van der Waals surface area contributed by atoms with Gasteiger partial charge < -0.3 is 9.73 Å². The van der Waals surface area contributed by atoms with Crippen LogP contribution in [0.3, 0.4) is 0 Å². The van der Waals surface area contributed by atoms with E-state index in [1.54, 1.807) is 12.5 Å². The van der Waals surface area contributed by atoms with Crippen LogP contribution in [0.2, 0.25) is 0 Å². The van der Waals surface area contributed by atoms with Crippen LogP contribution in [0.1, 0.15) is 24.1 Å². The summed E-state index contributed by atoms with van der Waals surface area (Å²) in [5, 5.41) is 3.27. The van der Waals surface area contributed by atoms with Crippen LogP contribution in [0.25, 0.3) is 0 Å². The van der Waals surface area contributed by atoms with Gasteiger partial charge in [0, 0.05) is 17.7 Å². The summed E-state index contributed by atoms with van der Waals surface area (Å²) >= 11 is 0. The van der Waals surface area contributed by atoms with E-state index in [0.29, 0.717) is 18.5 Å². The first-order chi connectivity index (χ1) is 8.65. The fraction of sp³-hybridized carbons (Fsp3) is 0.286. The molecule has 1 atom stereocenters. The van der Waals surface area contributed by atoms with Crippen LogP contribution in [0.15, 0.2) is 41.2 Å². The molecule has 0 bridgehead atoms. The van der Waals surface area contributed by atoms with Gasteiger partial charge in [-0.15, -0.1) is 0 Å². The van der Waals surface area contributed by atoms with Crippen LogP contribution in [0.5, 0.6) is 0 Å². The standard InChI is InChI=1S/C14H15F2NO/c1-10(12-3-5-18-9-12)17-4-2-11-6-13(15)8-14(16)7-11/h3,5-10,17H,2,4H2,1H3. The number of hydrogen-bond acceptors (Lipinski definition) is 2. The summed E-state index contributed by atoms with van der Waals surface area (Å²) < 4.78 is 30.9. The van der Waals surface area contributed by atoms with E-state index in [1.807, 2.05) is 13.0 Å². The average Bonchev–Trinajstić information content (AvgIpc) is 2.80. The Balaban J connectivity index is 1.85. The highest BCUT2D eigenvalue weighted by atomic mass is 19.1. The summed E-state index contributed by atoms with van der Waals surface area (Å²) in [7, 11) is 0. The lowest BCUT2D eigenvalue weighted by atomic mass is 10.1. The van der Waals surface area contributed by atoms with Crippen molar-refractivity contribution in [2.24, 2.45) is 0 Å². The van der Waals surface area contributed by atoms with Gasteiger partial charge in [-0.25, -0.2) is 8.78 Å². The van der Waals surface area contributed by atoms with Crippen LogP contribution in [0, 0.1) is 11.6 Å². The van der Waals surface area contributed by atoms with Gasteiger partial charge in [-0.2, -0.15) is 0 Å². The number of rotatable bonds is 5. The van der Waals surface area contributed by atoms with E-state index in [9.17, 15) is 8.78 Å². The predicted molar refractivity (Wildman–Crippen MR) is 65.2 cm³/mol. The van der Waals surface area contributed by atoms with Crippen molar-refractivity contribution < 1.29 is 13.2 Å². The third-order valence-electron chi connectivity index (χ3n) is 2.83. The second-order valence-electron chi connectivity index (χ2n) is 4.26. The van der Waals surface area contributed by atoms with E-state index in [0.717, 1.165) is 11.6 Å². The van der Waals surface area contributed by atoms with E-state index in [2.05, 4.69) is 5.32 Å². The Hall–Kier alpha value is -1.68. The number of halogens is 2. The number of furan rings is 1. The van der Waals surface area contributed by atoms with Gasteiger partial charge in [0.15, 0.2) is 0 Å². The SMILES string of the molecule is CC(NCCc1cc(F)cc(F)c1)c1ccoc1. The van der Waals surface area contributed by atoms with Crippen LogP contribution < -0.4 is 5.32 Å². The Kier molecular flexibility index (Phi) is 4.10. The van der Waals surface area contributed by atoms with Crippen molar-refractivity contribution in [3.05, 3.63) is 59.6 Å². The van der Waals surface area contributed by atoms with E-state index in [1.165, 1.54) is 12.1 Å². The molecule has 0 aliphatic rings. The fourth-order valence-electron chi connectivity index (χ4n) is 1.83. The van der Waals surface area contributed by atoms with Gasteiger partial charge >= 0.3 is 0 Å². The van der Waals surface area contributed by atoms with Gasteiger partial charge in [-0.3, -0.25) is 0 Å². The molecule has 1 unspecified atom stereocenters. The second-order valence-corrected chi connectivity index (χ2v) is 4.26. The summed E-state index contributed by atoms with van der Waals surface area (Å²) in [4.78, 5) is 0. The Morgan fingerprint density at radius 1 is 1.22 bits per heavy atom. The van der Waals surface area contributed by atoms with Gasteiger partial charge in [-0.05, 0) is 43.7 Å². The number of nitrogens with one attached hydrogen (secondary N) is 1. The fourth-order valence-corrected chi connectivity index (χ4v) is 1.83. The lowest BCUT2D eigenvalue weighted by Gasteiger charge is -2.11. The van der Waals surface area contributed by atoms with E-state index in [-0.39, 0.29) is 6.04 Å². The van der Waals surface area contributed by atoms with Crippen molar-refractivity contribution in [3.63, 3.8) is 0 Å². The molecule has 0 aliphatic carbocycles. The molecule has 2 rings (SSSR count). The Labute approximate surface area is 105 Å². The molecule has 0 aliphatic heterocycles. The predicted octanol–water partition coefficient (Wildman–Crippen LogP) is 3.45. The zero-order chi connectivity index (χ0) is 13.0. The third-order valence-corrected chi connectivity index (χ3v) is 2.83. The zero-order valence-electron chi connectivity index (χ0n) is 10.1. The van der Waals surface area contributed by atoms with Crippen LogP contribution >= 0.6 is 0 Å². The molecule has 4 heteroatoms. The molecule has 1 N–H and O–H groups in total. The van der Waals surface area contributed by atoms with Crippen molar-refractivity contribution in [3.8, 4) is 0 Å². The lowest BCUT2D eigenvalue weighted by Crippen LogP contribution is -2.21. The molecule has 2 nitrogen and oxygen atoms in total. The van der Waals surface area contributed by atoms with E-state index < -0.39 is 11.6 Å². The highest BCUT2D eigenvalue weighted by Gasteiger charge is 2.06. The molecule has 96 valence electrons. The van der Waals surface area contributed by atoms with Crippen molar-refractivity contribution in [1.82, 2.24) is 5.32 Å². The minimum Gasteiger partial charge on any atom is -0.472 e. The summed E-state index contributed by atoms with van der Waals surface area (Å²) in [5.74, 6) is -1.07. The second kappa shape index (κ2) is 5.78. The summed E-state index contributed by atoms with van der Waals surface area (Å²) in [6.07, 6.45) is 3.88. The van der Waals surface area contributed by atoms with Crippen molar-refractivity contribution in [2.45, 2.75) is 19.4 Å². The zero-order valence-corrected chi connectivity index (χ0v) is 10.1. The largest absolute Gasteiger partial charge is 0.472 e. The highest BCUT2D eigenvalue weighted by Crippen LogP contribution is 2.13. The number of hydrogen-bond donors (Lipinski definition) is 1. The topological polar surface area (TPSA) is 25.2 Å². The minimum absolute atomic E-state index is 0.155. The van der Waals surface area contributed by atoms with E-state index >= 15 is 0 Å². The maximum atomic E-state index is 13.0. The van der Waals surface area contributed by atoms with Crippen molar-refractivity contribution >= 4 is 0 Å². The molecule has 0 amide bonds. The minimum atomic E-state index is -0.534. The molecule has 1 heterocycles. The molecule has 0 saturated heterocycles. The first-order valence-corrected chi connectivity index (χ1v) is 5.85. The molecule has 0 fully saturated rings. The summed E-state index contributed by atoms with van der Waals surface area (Å²) in [5.41, 5.74) is 1.71. The Morgan fingerprint density at radius 3 is 2.56 bits per heavy atom. The molecule has 0 radical (unpaired) electrons. The van der Waals surface area contributed by atoms with Gasteiger partial charge in [0.2, 0.25) is 0 Å². The number of benzene rings is 1. The van der Waals surface area contributed by atoms with Gasteiger partial charge in [0.05, 0.1) is 12.5 Å². The quantitative estimate of drug-likeness (QED) is 0.880. The molecule has 0 spiro atoms. The molecule has 2 aromatic rings. The maximum Gasteiger partial charge on any atom is 0.126 e. The molecular formula is C14H15F2NO. The third kappa shape index (κ3) is 3.40. The highest BCUT2D eigenvalue weighted by molar-refractivity contribution is 5.18. The van der Waals surface area contributed by atoms with Gasteiger partial charge in [-0.1, -0.05) is 0 Å². The summed E-state index contributed by atoms with van der Waals surface area (Å²) in [6.45, 7) is 2.66. The molecule has 0 saturated carbocycles. The Bertz CT molecular complexity index is 476. The lowest BCUT2D eigenvalue weighted by molar-refractivity contribution is 0.538. The van der Waals surface area contributed by atoms with E-state index in [4.69, 9.17) is 4.42 Å². The molecule has 18 heavy (non-hydrogen) atoms. The Morgan fingerprint density at radius 2 is 1.94 bits per heavy atom. The molecule has 1 aromatic carbocycles. The van der Waals surface area contributed by atoms with Crippen LogP contribution in [0.4, 0.5) is 8.78 Å². The smallest absolute Gasteiger partial charge is 0.126 e. The first kappa shape index (κ1) is 12.8. The van der Waals surface area contributed by atoms with Crippen molar-refractivity contribution in [2.75, 3.05) is 6.54 Å². The van der Waals surface area contributed by atoms with Crippen LogP contribution in [-0.4, -0.2) is 6.54 Å². The maximum absolute atomic E-state index is 13.0. The molecule has 1 aromatic heterocycles. The van der Waals surface area contributed by atoms with Gasteiger partial charge in [0.25, 0.3) is 0 Å². The summed E-state index contributed by atoms with van der Waals surface area (Å²) in [6, 6.07) is 5.63. The van der Waals surface area contributed by atoms with Crippen LogP contribution in [-0.2, 0) is 6.42 Å². The normalized spacial score (nSPS) is 12.6. The average molecular weight is 251 g/mol.